The molecular formula is C14H18ClNO3. The van der Waals surface area contributed by atoms with Crippen molar-refractivity contribution in [3.8, 4) is 5.75 Å². The van der Waals surface area contributed by atoms with Crippen molar-refractivity contribution >= 4 is 17.6 Å². The van der Waals surface area contributed by atoms with Crippen LogP contribution in [-0.2, 0) is 4.79 Å². The van der Waals surface area contributed by atoms with E-state index in [0.29, 0.717) is 23.9 Å². The zero-order valence-corrected chi connectivity index (χ0v) is 11.5. The van der Waals surface area contributed by atoms with Crippen molar-refractivity contribution in [2.75, 3.05) is 26.2 Å². The number of hydrogen-bond donors (Lipinski definition) is 1. The predicted octanol–water partition coefficient (Wildman–Crippen LogP) is 2.52. The van der Waals surface area contributed by atoms with Gasteiger partial charge < -0.3 is 9.84 Å². The Bertz CT molecular complexity index is 438. The van der Waals surface area contributed by atoms with Gasteiger partial charge in [0, 0.05) is 13.1 Å². The third-order valence-corrected chi connectivity index (χ3v) is 3.67. The second-order valence-electron chi connectivity index (χ2n) is 4.76. The van der Waals surface area contributed by atoms with E-state index in [0.717, 1.165) is 25.9 Å². The molecule has 1 atom stereocenters. The first kappa shape index (κ1) is 14.2. The number of aliphatic carboxylic acids is 1. The lowest BCUT2D eigenvalue weighted by molar-refractivity contribution is -0.143. The van der Waals surface area contributed by atoms with E-state index in [1.807, 2.05) is 18.2 Å². The molecule has 0 aromatic heterocycles. The first-order chi connectivity index (χ1) is 9.16. The molecule has 0 radical (unpaired) electrons. The van der Waals surface area contributed by atoms with Crippen LogP contribution in [0.15, 0.2) is 24.3 Å². The zero-order valence-electron chi connectivity index (χ0n) is 10.7. The molecular weight excluding hydrogens is 266 g/mol. The first-order valence-corrected chi connectivity index (χ1v) is 6.87. The summed E-state index contributed by atoms with van der Waals surface area (Å²) in [5.74, 6) is -0.262. The number of nitrogens with zero attached hydrogens (tertiary/aromatic N) is 1. The van der Waals surface area contributed by atoms with Crippen LogP contribution in [0, 0.1) is 5.92 Å². The molecule has 1 heterocycles. The SMILES string of the molecule is O=C(O)[C@H]1CCCN(CCOc2ccccc2Cl)C1. The fourth-order valence-electron chi connectivity index (χ4n) is 2.31. The summed E-state index contributed by atoms with van der Waals surface area (Å²) >= 11 is 5.99. The molecule has 1 saturated heterocycles. The third kappa shape index (κ3) is 4.11. The number of hydrogen-bond acceptors (Lipinski definition) is 3. The molecule has 19 heavy (non-hydrogen) atoms. The molecule has 4 nitrogen and oxygen atoms in total. The van der Waals surface area contributed by atoms with Gasteiger partial charge in [-0.15, -0.1) is 0 Å². The highest BCUT2D eigenvalue weighted by Gasteiger charge is 2.24. The molecule has 104 valence electrons. The highest BCUT2D eigenvalue weighted by Crippen LogP contribution is 2.23. The largest absolute Gasteiger partial charge is 0.491 e. The van der Waals surface area contributed by atoms with Gasteiger partial charge in [0.1, 0.15) is 12.4 Å². The maximum Gasteiger partial charge on any atom is 0.307 e. The van der Waals surface area contributed by atoms with Crippen LogP contribution >= 0.6 is 11.6 Å². The van der Waals surface area contributed by atoms with Crippen molar-refractivity contribution in [3.63, 3.8) is 0 Å². The van der Waals surface area contributed by atoms with Crippen LogP contribution in [-0.4, -0.2) is 42.2 Å². The van der Waals surface area contributed by atoms with Crippen LogP contribution in [0.4, 0.5) is 0 Å². The third-order valence-electron chi connectivity index (χ3n) is 3.36. The standard InChI is InChI=1S/C14H18ClNO3/c15-12-5-1-2-6-13(12)19-9-8-16-7-3-4-11(10-16)14(17)18/h1-2,5-6,11H,3-4,7-10H2,(H,17,18)/t11-/m0/s1. The Kier molecular flexibility index (Phi) is 5.05. The Hall–Kier alpha value is -1.26. The van der Waals surface area contributed by atoms with Gasteiger partial charge in [0.15, 0.2) is 0 Å². The zero-order chi connectivity index (χ0) is 13.7. The van der Waals surface area contributed by atoms with Gasteiger partial charge in [0.25, 0.3) is 0 Å². The van der Waals surface area contributed by atoms with E-state index in [1.54, 1.807) is 6.07 Å². The minimum atomic E-state index is -0.697. The number of likely N-dealkylation sites (tertiary alicyclic amines) is 1. The van der Waals surface area contributed by atoms with E-state index >= 15 is 0 Å². The number of benzene rings is 1. The van der Waals surface area contributed by atoms with E-state index < -0.39 is 5.97 Å². The van der Waals surface area contributed by atoms with Gasteiger partial charge in [-0.3, -0.25) is 9.69 Å². The molecule has 1 fully saturated rings. The van der Waals surface area contributed by atoms with Crippen LogP contribution in [0.1, 0.15) is 12.8 Å². The Morgan fingerprint density at radius 2 is 2.26 bits per heavy atom. The van der Waals surface area contributed by atoms with Crippen molar-refractivity contribution in [2.45, 2.75) is 12.8 Å². The van der Waals surface area contributed by atoms with Crippen molar-refractivity contribution in [1.29, 1.82) is 0 Å². The average Bonchev–Trinajstić information content (AvgIpc) is 2.41. The maximum atomic E-state index is 11.0. The molecule has 1 aromatic rings. The Balaban J connectivity index is 1.77. The van der Waals surface area contributed by atoms with Gasteiger partial charge in [-0.25, -0.2) is 0 Å². The number of carboxylic acids is 1. The summed E-state index contributed by atoms with van der Waals surface area (Å²) in [4.78, 5) is 13.1. The normalized spacial score (nSPS) is 20.2. The molecule has 0 unspecified atom stereocenters. The lowest BCUT2D eigenvalue weighted by Crippen LogP contribution is -2.40. The summed E-state index contributed by atoms with van der Waals surface area (Å²) in [6, 6.07) is 7.36. The Labute approximate surface area is 117 Å². The lowest BCUT2D eigenvalue weighted by Gasteiger charge is -2.30. The molecule has 2 rings (SSSR count). The van der Waals surface area contributed by atoms with E-state index in [2.05, 4.69) is 4.90 Å². The molecule has 1 aromatic carbocycles. The minimum absolute atomic E-state index is 0.242. The summed E-state index contributed by atoms with van der Waals surface area (Å²) in [6.07, 6.45) is 1.71. The first-order valence-electron chi connectivity index (χ1n) is 6.49. The number of para-hydroxylation sites is 1. The van der Waals surface area contributed by atoms with Gasteiger partial charge >= 0.3 is 5.97 Å². The smallest absolute Gasteiger partial charge is 0.307 e. The molecule has 0 aliphatic carbocycles. The van der Waals surface area contributed by atoms with Crippen LogP contribution in [0.2, 0.25) is 5.02 Å². The quantitative estimate of drug-likeness (QED) is 0.902. The fourth-order valence-corrected chi connectivity index (χ4v) is 2.50. The molecule has 0 spiro atoms. The van der Waals surface area contributed by atoms with Gasteiger partial charge in [-0.05, 0) is 31.5 Å². The summed E-state index contributed by atoms with van der Waals surface area (Å²) in [6.45, 7) is 2.81. The average molecular weight is 284 g/mol. The number of rotatable bonds is 5. The summed E-state index contributed by atoms with van der Waals surface area (Å²) < 4.78 is 5.61. The summed E-state index contributed by atoms with van der Waals surface area (Å²) in [5.41, 5.74) is 0. The summed E-state index contributed by atoms with van der Waals surface area (Å²) in [5, 5.41) is 9.62. The molecule has 0 bridgehead atoms. The number of carbonyl (C=O) groups is 1. The van der Waals surface area contributed by atoms with Crippen LogP contribution in [0.5, 0.6) is 5.75 Å². The van der Waals surface area contributed by atoms with Crippen molar-refractivity contribution in [2.24, 2.45) is 5.92 Å². The second-order valence-corrected chi connectivity index (χ2v) is 5.16. The van der Waals surface area contributed by atoms with Gasteiger partial charge in [0.05, 0.1) is 10.9 Å². The molecule has 0 amide bonds. The van der Waals surface area contributed by atoms with E-state index in [1.165, 1.54) is 0 Å². The van der Waals surface area contributed by atoms with Crippen LogP contribution in [0.25, 0.3) is 0 Å². The van der Waals surface area contributed by atoms with Crippen molar-refractivity contribution in [3.05, 3.63) is 29.3 Å². The van der Waals surface area contributed by atoms with E-state index in [4.69, 9.17) is 21.4 Å². The Morgan fingerprint density at radius 1 is 1.47 bits per heavy atom. The van der Waals surface area contributed by atoms with Crippen molar-refractivity contribution < 1.29 is 14.6 Å². The van der Waals surface area contributed by atoms with Crippen LogP contribution in [0.3, 0.4) is 0 Å². The fraction of sp³-hybridized carbons (Fsp3) is 0.500. The van der Waals surface area contributed by atoms with Gasteiger partial charge in [-0.2, -0.15) is 0 Å². The topological polar surface area (TPSA) is 49.8 Å². The second kappa shape index (κ2) is 6.78. The minimum Gasteiger partial charge on any atom is -0.491 e. The highest BCUT2D eigenvalue weighted by molar-refractivity contribution is 6.32. The number of ether oxygens (including phenoxy) is 1. The molecule has 0 saturated carbocycles. The van der Waals surface area contributed by atoms with E-state index in [-0.39, 0.29) is 5.92 Å². The number of halogens is 1. The number of carboxylic acid groups (broad SMARTS) is 1. The molecule has 5 heteroatoms. The molecule has 1 aliphatic rings. The summed E-state index contributed by atoms with van der Waals surface area (Å²) in [7, 11) is 0. The lowest BCUT2D eigenvalue weighted by atomic mass is 9.98. The number of piperidine rings is 1. The highest BCUT2D eigenvalue weighted by atomic mass is 35.5. The van der Waals surface area contributed by atoms with Crippen LogP contribution < -0.4 is 4.74 Å². The van der Waals surface area contributed by atoms with Gasteiger partial charge in [-0.1, -0.05) is 23.7 Å². The van der Waals surface area contributed by atoms with Crippen molar-refractivity contribution in [1.82, 2.24) is 4.90 Å². The monoisotopic (exact) mass is 283 g/mol. The van der Waals surface area contributed by atoms with Gasteiger partial charge in [0.2, 0.25) is 0 Å². The van der Waals surface area contributed by atoms with E-state index in [9.17, 15) is 4.79 Å². The maximum absolute atomic E-state index is 11.0. The Morgan fingerprint density at radius 3 is 3.00 bits per heavy atom. The predicted molar refractivity (Wildman–Crippen MR) is 73.7 cm³/mol. The molecule has 1 N–H and O–H groups in total. The molecule has 1 aliphatic heterocycles.